The van der Waals surface area contributed by atoms with Gasteiger partial charge >= 0.3 is 10.2 Å². The van der Waals surface area contributed by atoms with Crippen LogP contribution < -0.4 is 9.46 Å². The Bertz CT molecular complexity index is 1280. The van der Waals surface area contributed by atoms with Gasteiger partial charge in [-0.15, -0.1) is 5.10 Å². The summed E-state index contributed by atoms with van der Waals surface area (Å²) in [5, 5.41) is 17.3. The lowest BCUT2D eigenvalue weighted by molar-refractivity contribution is 0.218. The predicted octanol–water partition coefficient (Wildman–Crippen LogP) is 1.28. The number of nitrogens with one attached hydrogen (secondary N) is 1. The van der Waals surface area contributed by atoms with E-state index < -0.39 is 10.2 Å². The zero-order valence-electron chi connectivity index (χ0n) is 19.7. The number of hydrogen-bond acceptors (Lipinski definition) is 8. The van der Waals surface area contributed by atoms with Gasteiger partial charge in [-0.3, -0.25) is 4.99 Å². The van der Waals surface area contributed by atoms with Crippen LogP contribution >= 0.6 is 0 Å². The highest BCUT2D eigenvalue weighted by Crippen LogP contribution is 2.29. The maximum atomic E-state index is 12.6. The SMILES string of the molecule is CCN(C)S(=O)(=O)NC(=NC)N1CC(c2ccccc2)C(c2ccc(OCn3cnnn3)cc2)=N1. The van der Waals surface area contributed by atoms with Crippen molar-refractivity contribution in [1.82, 2.24) is 34.2 Å². The van der Waals surface area contributed by atoms with E-state index in [-0.39, 0.29) is 18.6 Å². The summed E-state index contributed by atoms with van der Waals surface area (Å²) in [4.78, 5) is 4.17. The fraction of sp³-hybridized carbons (Fsp3) is 0.318. The van der Waals surface area contributed by atoms with Crippen LogP contribution in [0.2, 0.25) is 0 Å². The van der Waals surface area contributed by atoms with Gasteiger partial charge in [-0.1, -0.05) is 37.3 Å². The van der Waals surface area contributed by atoms with Crippen LogP contribution in [0.15, 0.2) is 71.0 Å². The van der Waals surface area contributed by atoms with Gasteiger partial charge in [-0.2, -0.15) is 22.5 Å². The third kappa shape index (κ3) is 5.63. The smallest absolute Gasteiger partial charge is 0.303 e. The van der Waals surface area contributed by atoms with Gasteiger partial charge < -0.3 is 4.74 Å². The van der Waals surface area contributed by atoms with Crippen molar-refractivity contribution in [2.24, 2.45) is 10.1 Å². The van der Waals surface area contributed by atoms with E-state index in [0.29, 0.717) is 18.8 Å². The molecule has 184 valence electrons. The third-order valence-corrected chi connectivity index (χ3v) is 7.07. The van der Waals surface area contributed by atoms with Crippen LogP contribution in [-0.2, 0) is 16.9 Å². The van der Waals surface area contributed by atoms with Gasteiger partial charge in [0, 0.05) is 26.6 Å². The molecule has 13 heteroatoms. The number of ether oxygens (including phenoxy) is 1. The first kappa shape index (κ1) is 24.3. The van der Waals surface area contributed by atoms with Crippen LogP contribution in [0, 0.1) is 0 Å². The van der Waals surface area contributed by atoms with E-state index in [1.807, 2.05) is 54.6 Å². The molecule has 0 aliphatic carbocycles. The zero-order chi connectivity index (χ0) is 24.8. The predicted molar refractivity (Wildman–Crippen MR) is 131 cm³/mol. The van der Waals surface area contributed by atoms with Crippen molar-refractivity contribution in [3.63, 3.8) is 0 Å². The number of aliphatic imine (C=N–C) groups is 1. The van der Waals surface area contributed by atoms with E-state index in [1.165, 1.54) is 29.4 Å². The lowest BCUT2D eigenvalue weighted by Gasteiger charge is -2.22. The molecule has 0 saturated heterocycles. The molecule has 3 aromatic rings. The molecular formula is C22H27N9O3S. The van der Waals surface area contributed by atoms with Crippen molar-refractivity contribution in [3.05, 3.63) is 72.1 Å². The molecular weight excluding hydrogens is 470 g/mol. The second-order valence-electron chi connectivity index (χ2n) is 7.75. The van der Waals surface area contributed by atoms with Crippen molar-refractivity contribution in [3.8, 4) is 5.75 Å². The Balaban J connectivity index is 1.59. The number of nitrogens with zero attached hydrogens (tertiary/aromatic N) is 8. The Morgan fingerprint density at radius 2 is 1.94 bits per heavy atom. The molecule has 1 aliphatic rings. The first-order chi connectivity index (χ1) is 16.9. The van der Waals surface area contributed by atoms with E-state index in [1.54, 1.807) is 11.9 Å². The average Bonchev–Trinajstić information content (AvgIpc) is 3.57. The van der Waals surface area contributed by atoms with Crippen molar-refractivity contribution < 1.29 is 13.2 Å². The van der Waals surface area contributed by atoms with E-state index in [0.717, 1.165) is 16.8 Å². The Labute approximate surface area is 204 Å². The molecule has 4 rings (SSSR count). The summed E-state index contributed by atoms with van der Waals surface area (Å²) in [5.74, 6) is 0.721. The van der Waals surface area contributed by atoms with Crippen LogP contribution in [0.3, 0.4) is 0 Å². The molecule has 0 saturated carbocycles. The minimum atomic E-state index is -3.74. The van der Waals surface area contributed by atoms with Crippen molar-refractivity contribution in [1.29, 1.82) is 0 Å². The Hall–Kier alpha value is -3.84. The molecule has 2 heterocycles. The molecule has 1 unspecified atom stereocenters. The highest BCUT2D eigenvalue weighted by Gasteiger charge is 2.33. The van der Waals surface area contributed by atoms with Crippen molar-refractivity contribution in [2.45, 2.75) is 19.6 Å². The highest BCUT2D eigenvalue weighted by molar-refractivity contribution is 7.87. The van der Waals surface area contributed by atoms with Crippen LogP contribution in [0.25, 0.3) is 0 Å². The van der Waals surface area contributed by atoms with Gasteiger partial charge in [0.05, 0.1) is 12.3 Å². The summed E-state index contributed by atoms with van der Waals surface area (Å²) in [6, 6.07) is 17.5. The maximum Gasteiger partial charge on any atom is 0.303 e. The van der Waals surface area contributed by atoms with Crippen LogP contribution in [0.5, 0.6) is 5.75 Å². The minimum Gasteiger partial charge on any atom is -0.471 e. The number of rotatable bonds is 8. The topological polar surface area (TPSA) is 130 Å². The number of hydrogen-bond donors (Lipinski definition) is 1. The summed E-state index contributed by atoms with van der Waals surface area (Å²) >= 11 is 0. The molecule has 0 fully saturated rings. The molecule has 1 atom stereocenters. The third-order valence-electron chi connectivity index (χ3n) is 5.55. The van der Waals surface area contributed by atoms with Gasteiger partial charge in [0.1, 0.15) is 12.1 Å². The molecule has 0 bridgehead atoms. The normalized spacial score (nSPS) is 16.5. The summed E-state index contributed by atoms with van der Waals surface area (Å²) in [6.07, 6.45) is 1.47. The lowest BCUT2D eigenvalue weighted by Crippen LogP contribution is -2.46. The van der Waals surface area contributed by atoms with E-state index in [4.69, 9.17) is 9.84 Å². The second kappa shape index (κ2) is 10.6. The number of benzene rings is 2. The Kier molecular flexibility index (Phi) is 7.36. The first-order valence-corrected chi connectivity index (χ1v) is 12.4. The van der Waals surface area contributed by atoms with E-state index in [9.17, 15) is 8.42 Å². The standard InChI is InChI=1S/C22H27N9O3S/c1-4-29(3)35(32,33)26-22(23-2)31-14-20(17-8-6-5-7-9-17)21(25-31)18-10-12-19(13-11-18)34-16-30-15-24-27-28-30/h5-13,15,20H,4,14,16H2,1-3H3,(H,23,26). The summed E-state index contributed by atoms with van der Waals surface area (Å²) in [6.45, 7) is 2.71. The largest absolute Gasteiger partial charge is 0.471 e. The Morgan fingerprint density at radius 1 is 1.20 bits per heavy atom. The second-order valence-corrected chi connectivity index (χ2v) is 9.52. The van der Waals surface area contributed by atoms with Crippen LogP contribution in [-0.4, -0.2) is 76.8 Å². The minimum absolute atomic E-state index is 0.0886. The maximum absolute atomic E-state index is 12.6. The molecule has 1 aromatic heterocycles. The number of guanidine groups is 1. The van der Waals surface area contributed by atoms with Crippen LogP contribution in [0.4, 0.5) is 0 Å². The van der Waals surface area contributed by atoms with Gasteiger partial charge in [0.2, 0.25) is 5.96 Å². The van der Waals surface area contributed by atoms with Gasteiger partial charge in [0.25, 0.3) is 0 Å². The van der Waals surface area contributed by atoms with Gasteiger partial charge in [-0.25, -0.2) is 9.73 Å². The summed E-state index contributed by atoms with van der Waals surface area (Å²) < 4.78 is 36.2. The fourth-order valence-corrected chi connectivity index (χ4v) is 4.44. The average molecular weight is 498 g/mol. The van der Waals surface area contributed by atoms with Crippen molar-refractivity contribution >= 4 is 21.9 Å². The highest BCUT2D eigenvalue weighted by atomic mass is 32.2. The van der Waals surface area contributed by atoms with E-state index >= 15 is 0 Å². The zero-order valence-corrected chi connectivity index (χ0v) is 20.5. The molecule has 1 N–H and O–H groups in total. The molecule has 35 heavy (non-hydrogen) atoms. The molecule has 12 nitrogen and oxygen atoms in total. The number of aromatic nitrogens is 4. The molecule has 2 aromatic carbocycles. The van der Waals surface area contributed by atoms with Gasteiger partial charge in [0.15, 0.2) is 6.73 Å². The van der Waals surface area contributed by atoms with Crippen LogP contribution in [0.1, 0.15) is 24.0 Å². The summed E-state index contributed by atoms with van der Waals surface area (Å²) in [5.41, 5.74) is 2.75. The van der Waals surface area contributed by atoms with Gasteiger partial charge in [-0.05, 0) is 45.8 Å². The summed E-state index contributed by atoms with van der Waals surface area (Å²) in [7, 11) is -0.707. The number of hydrazone groups is 1. The van der Waals surface area contributed by atoms with E-state index in [2.05, 4.69) is 25.2 Å². The monoisotopic (exact) mass is 497 g/mol. The molecule has 0 spiro atoms. The molecule has 1 aliphatic heterocycles. The fourth-order valence-electron chi connectivity index (χ4n) is 3.52. The molecule has 0 amide bonds. The Morgan fingerprint density at radius 3 is 2.57 bits per heavy atom. The quantitative estimate of drug-likeness (QED) is 0.366. The first-order valence-electron chi connectivity index (χ1n) is 11.0. The number of tetrazole rings is 1. The lowest BCUT2D eigenvalue weighted by atomic mass is 9.90. The van der Waals surface area contributed by atoms with Crippen molar-refractivity contribution in [2.75, 3.05) is 27.2 Å². The molecule has 0 radical (unpaired) electrons.